The average molecular weight is 430 g/mol. The van der Waals surface area contributed by atoms with Crippen LogP contribution in [0.2, 0.25) is 0 Å². The SMILES string of the molecule is Cc1cc(C)c2nc(C)cc(SCC(=O)N/N=C/c3c(O)ccc4ccccc34)c2c1. The van der Waals surface area contributed by atoms with Gasteiger partial charge in [0.15, 0.2) is 0 Å². The van der Waals surface area contributed by atoms with Crippen LogP contribution >= 0.6 is 11.8 Å². The first-order valence-electron chi connectivity index (χ1n) is 9.96. The average Bonchev–Trinajstić information content (AvgIpc) is 2.74. The zero-order chi connectivity index (χ0) is 22.0. The lowest BCUT2D eigenvalue weighted by Gasteiger charge is -2.10. The van der Waals surface area contributed by atoms with Gasteiger partial charge >= 0.3 is 0 Å². The molecule has 0 unspecified atom stereocenters. The Hall–Kier alpha value is -3.38. The number of hydrogen-bond donors (Lipinski definition) is 2. The second kappa shape index (κ2) is 8.78. The molecule has 0 aliphatic heterocycles. The highest BCUT2D eigenvalue weighted by Crippen LogP contribution is 2.30. The third kappa shape index (κ3) is 4.54. The second-order valence-electron chi connectivity index (χ2n) is 7.54. The van der Waals surface area contributed by atoms with Gasteiger partial charge in [0.2, 0.25) is 5.91 Å². The normalized spacial score (nSPS) is 11.5. The van der Waals surface area contributed by atoms with Gasteiger partial charge in [0.05, 0.1) is 17.5 Å². The van der Waals surface area contributed by atoms with Crippen LogP contribution in [0.4, 0.5) is 0 Å². The highest BCUT2D eigenvalue weighted by molar-refractivity contribution is 8.00. The number of nitrogens with zero attached hydrogens (tertiary/aromatic N) is 2. The minimum absolute atomic E-state index is 0.121. The zero-order valence-electron chi connectivity index (χ0n) is 17.6. The van der Waals surface area contributed by atoms with Crippen LogP contribution in [-0.2, 0) is 4.79 Å². The summed E-state index contributed by atoms with van der Waals surface area (Å²) in [6.45, 7) is 6.08. The van der Waals surface area contributed by atoms with Crippen LogP contribution in [0.3, 0.4) is 0 Å². The Morgan fingerprint density at radius 2 is 1.90 bits per heavy atom. The lowest BCUT2D eigenvalue weighted by Crippen LogP contribution is -2.19. The second-order valence-corrected chi connectivity index (χ2v) is 8.56. The smallest absolute Gasteiger partial charge is 0.250 e. The Balaban J connectivity index is 1.48. The number of thioether (sulfide) groups is 1. The molecule has 0 aliphatic carbocycles. The minimum Gasteiger partial charge on any atom is -0.507 e. The van der Waals surface area contributed by atoms with Crippen molar-refractivity contribution >= 4 is 45.6 Å². The molecule has 156 valence electrons. The maximum atomic E-state index is 12.4. The number of hydrogen-bond acceptors (Lipinski definition) is 5. The number of rotatable bonds is 5. The van der Waals surface area contributed by atoms with Crippen molar-refractivity contribution in [1.29, 1.82) is 0 Å². The number of phenols is 1. The number of amides is 1. The van der Waals surface area contributed by atoms with E-state index in [0.717, 1.165) is 37.8 Å². The van der Waals surface area contributed by atoms with Gasteiger partial charge in [-0.25, -0.2) is 5.43 Å². The molecule has 0 fully saturated rings. The third-order valence-electron chi connectivity index (χ3n) is 5.03. The van der Waals surface area contributed by atoms with Crippen molar-refractivity contribution in [1.82, 2.24) is 10.4 Å². The number of phenolic OH excluding ortho intramolecular Hbond substituents is 1. The van der Waals surface area contributed by atoms with Crippen molar-refractivity contribution in [2.24, 2.45) is 5.10 Å². The van der Waals surface area contributed by atoms with Crippen LogP contribution < -0.4 is 5.43 Å². The summed E-state index contributed by atoms with van der Waals surface area (Å²) in [7, 11) is 0. The summed E-state index contributed by atoms with van der Waals surface area (Å²) in [6.07, 6.45) is 1.49. The van der Waals surface area contributed by atoms with E-state index in [1.165, 1.54) is 23.5 Å². The monoisotopic (exact) mass is 429 g/mol. The fourth-order valence-corrected chi connectivity index (χ4v) is 4.57. The van der Waals surface area contributed by atoms with Gasteiger partial charge in [-0.05, 0) is 55.3 Å². The fraction of sp³-hybridized carbons (Fsp3) is 0.160. The molecule has 4 rings (SSSR count). The van der Waals surface area contributed by atoms with Crippen LogP contribution in [0.15, 0.2) is 64.6 Å². The number of benzene rings is 3. The molecule has 0 spiro atoms. The Kier molecular flexibility index (Phi) is 5.91. The number of nitrogens with one attached hydrogen (secondary N) is 1. The maximum absolute atomic E-state index is 12.4. The van der Waals surface area contributed by atoms with E-state index in [-0.39, 0.29) is 17.4 Å². The van der Waals surface area contributed by atoms with Gasteiger partial charge in [0.1, 0.15) is 5.75 Å². The largest absolute Gasteiger partial charge is 0.507 e. The molecule has 0 radical (unpaired) electrons. The first-order valence-corrected chi connectivity index (χ1v) is 10.9. The van der Waals surface area contributed by atoms with Gasteiger partial charge in [-0.2, -0.15) is 5.10 Å². The standard InChI is InChI=1S/C25H23N3O2S/c1-15-10-16(2)25-20(11-15)23(12-17(3)27-25)31-14-24(30)28-26-13-21-19-7-5-4-6-18(19)8-9-22(21)29/h4-13,29H,14H2,1-3H3,(H,28,30)/b26-13+. The fourth-order valence-electron chi connectivity index (χ4n) is 3.66. The van der Waals surface area contributed by atoms with Crippen molar-refractivity contribution in [3.8, 4) is 5.75 Å². The predicted molar refractivity (Wildman–Crippen MR) is 128 cm³/mol. The number of hydrazone groups is 1. The van der Waals surface area contributed by atoms with E-state index in [9.17, 15) is 9.90 Å². The number of aromatic nitrogens is 1. The lowest BCUT2D eigenvalue weighted by atomic mass is 10.0. The minimum atomic E-state index is -0.215. The molecule has 1 aromatic heterocycles. The van der Waals surface area contributed by atoms with Gasteiger partial charge in [0.25, 0.3) is 0 Å². The lowest BCUT2D eigenvalue weighted by molar-refractivity contribution is -0.118. The molecule has 2 N–H and O–H groups in total. The maximum Gasteiger partial charge on any atom is 0.250 e. The van der Waals surface area contributed by atoms with Crippen LogP contribution in [0.1, 0.15) is 22.4 Å². The number of aryl methyl sites for hydroxylation is 3. The predicted octanol–water partition coefficient (Wildman–Crippen LogP) is 5.26. The number of carbonyl (C=O) groups excluding carboxylic acids is 1. The molecule has 0 atom stereocenters. The van der Waals surface area contributed by atoms with Crippen molar-refractivity contribution in [2.75, 3.05) is 5.75 Å². The molecule has 0 aliphatic rings. The van der Waals surface area contributed by atoms with E-state index >= 15 is 0 Å². The Bertz CT molecular complexity index is 1330. The Morgan fingerprint density at radius 1 is 1.10 bits per heavy atom. The van der Waals surface area contributed by atoms with Crippen molar-refractivity contribution in [3.63, 3.8) is 0 Å². The van der Waals surface area contributed by atoms with Crippen molar-refractivity contribution in [2.45, 2.75) is 25.7 Å². The highest BCUT2D eigenvalue weighted by atomic mass is 32.2. The molecule has 1 amide bonds. The summed E-state index contributed by atoms with van der Waals surface area (Å²) in [6, 6.07) is 17.4. The summed E-state index contributed by atoms with van der Waals surface area (Å²) < 4.78 is 0. The molecule has 0 bridgehead atoms. The summed E-state index contributed by atoms with van der Waals surface area (Å²) in [5.74, 6) is 0.133. The Labute approximate surface area is 185 Å². The molecule has 0 saturated heterocycles. The first kappa shape index (κ1) is 20.9. The van der Waals surface area contributed by atoms with Crippen LogP contribution in [0.25, 0.3) is 21.7 Å². The summed E-state index contributed by atoms with van der Waals surface area (Å²) in [4.78, 5) is 18.1. The molecule has 5 nitrogen and oxygen atoms in total. The molecular weight excluding hydrogens is 406 g/mol. The van der Waals surface area contributed by atoms with E-state index in [0.29, 0.717) is 5.56 Å². The van der Waals surface area contributed by atoms with Gasteiger partial charge < -0.3 is 5.11 Å². The molecule has 6 heteroatoms. The zero-order valence-corrected chi connectivity index (χ0v) is 18.5. The third-order valence-corrected chi connectivity index (χ3v) is 6.08. The molecule has 0 saturated carbocycles. The number of carbonyl (C=O) groups is 1. The molecular formula is C25H23N3O2S. The van der Waals surface area contributed by atoms with E-state index in [1.807, 2.05) is 43.3 Å². The van der Waals surface area contributed by atoms with Gasteiger partial charge in [-0.1, -0.05) is 42.0 Å². The quantitative estimate of drug-likeness (QED) is 0.258. The van der Waals surface area contributed by atoms with E-state index < -0.39 is 0 Å². The van der Waals surface area contributed by atoms with Crippen LogP contribution in [-0.4, -0.2) is 28.0 Å². The van der Waals surface area contributed by atoms with Crippen molar-refractivity contribution in [3.05, 3.63) is 77.0 Å². The van der Waals surface area contributed by atoms with E-state index in [2.05, 4.69) is 41.5 Å². The topological polar surface area (TPSA) is 74.6 Å². The highest BCUT2D eigenvalue weighted by Gasteiger charge is 2.10. The van der Waals surface area contributed by atoms with Crippen LogP contribution in [0, 0.1) is 20.8 Å². The van der Waals surface area contributed by atoms with Gasteiger partial charge in [-0.3, -0.25) is 9.78 Å². The number of pyridine rings is 1. The van der Waals surface area contributed by atoms with Gasteiger partial charge in [-0.15, -0.1) is 11.8 Å². The van der Waals surface area contributed by atoms with Crippen molar-refractivity contribution < 1.29 is 9.90 Å². The molecule has 31 heavy (non-hydrogen) atoms. The van der Waals surface area contributed by atoms with E-state index in [1.54, 1.807) is 6.07 Å². The summed E-state index contributed by atoms with van der Waals surface area (Å²) in [5.41, 5.74) is 7.33. The molecule has 3 aromatic carbocycles. The summed E-state index contributed by atoms with van der Waals surface area (Å²) in [5, 5.41) is 17.2. The van der Waals surface area contributed by atoms with E-state index in [4.69, 9.17) is 0 Å². The summed E-state index contributed by atoms with van der Waals surface area (Å²) >= 11 is 1.47. The van der Waals surface area contributed by atoms with Gasteiger partial charge in [0, 0.05) is 21.5 Å². The first-order chi connectivity index (χ1) is 14.9. The Morgan fingerprint density at radius 3 is 2.74 bits per heavy atom. The van der Waals surface area contributed by atoms with Crippen LogP contribution in [0.5, 0.6) is 5.75 Å². The number of aromatic hydroxyl groups is 1. The molecule has 1 heterocycles. The molecule has 4 aromatic rings. The number of fused-ring (bicyclic) bond motifs is 2.